The number of hydrogen-bond acceptors (Lipinski definition) is 3. The molecular formula is C13H16O3Sn. The molecule has 0 N–H and O–H groups in total. The molecule has 2 rings (SSSR count). The van der Waals surface area contributed by atoms with Gasteiger partial charge in [-0.15, -0.1) is 0 Å². The van der Waals surface area contributed by atoms with Crippen LogP contribution in [0, 0.1) is 0 Å². The van der Waals surface area contributed by atoms with Gasteiger partial charge in [0.05, 0.1) is 0 Å². The maximum atomic E-state index is 12.3. The van der Waals surface area contributed by atoms with Crippen molar-refractivity contribution in [3.05, 3.63) is 34.7 Å². The van der Waals surface area contributed by atoms with Crippen molar-refractivity contribution in [3.8, 4) is 5.75 Å². The van der Waals surface area contributed by atoms with E-state index in [2.05, 4.69) is 14.8 Å². The first kappa shape index (κ1) is 12.5. The van der Waals surface area contributed by atoms with E-state index >= 15 is 0 Å². The van der Waals surface area contributed by atoms with Crippen LogP contribution in [0.5, 0.6) is 5.75 Å². The molecule has 2 aromatic rings. The Kier molecular flexibility index (Phi) is 3.21. The third kappa shape index (κ3) is 2.34. The van der Waals surface area contributed by atoms with E-state index in [9.17, 15) is 4.79 Å². The fourth-order valence-electron chi connectivity index (χ4n) is 1.75. The molecule has 0 unspecified atom stereocenters. The number of hydrogen-bond donors (Lipinski definition) is 0. The van der Waals surface area contributed by atoms with Crippen LogP contribution in [0.25, 0.3) is 11.0 Å². The zero-order valence-corrected chi connectivity index (χ0v) is 13.4. The summed E-state index contributed by atoms with van der Waals surface area (Å²) in [5.74, 6) is 0.702. The quantitative estimate of drug-likeness (QED) is 0.789. The number of ether oxygens (including phenoxy) is 1. The van der Waals surface area contributed by atoms with Gasteiger partial charge >= 0.3 is 104 Å². The van der Waals surface area contributed by atoms with E-state index in [0.29, 0.717) is 16.7 Å². The van der Waals surface area contributed by atoms with Crippen LogP contribution in [0.3, 0.4) is 0 Å². The molecule has 3 nitrogen and oxygen atoms in total. The molecule has 0 amide bonds. The summed E-state index contributed by atoms with van der Waals surface area (Å²) in [4.78, 5) is 18.9. The summed E-state index contributed by atoms with van der Waals surface area (Å²) < 4.78 is 11.6. The van der Waals surface area contributed by atoms with Gasteiger partial charge < -0.3 is 0 Å². The fraction of sp³-hybridized carbons (Fsp3) is 0.308. The van der Waals surface area contributed by atoms with Gasteiger partial charge in [-0.25, -0.2) is 0 Å². The molecule has 0 aliphatic rings. The predicted molar refractivity (Wildman–Crippen MR) is 72.0 cm³/mol. The Bertz CT molecular complexity index is 608. The minimum absolute atomic E-state index is 0.122. The van der Waals surface area contributed by atoms with E-state index in [0.717, 1.165) is 3.58 Å². The SMILES string of the molecule is COc1ccc2c(=O)[c]([Sn]([CH3])([CH3])[CH3])coc2c1. The Hall–Kier alpha value is -0.971. The molecule has 0 fully saturated rings. The standard InChI is InChI=1S/C10H7O3.3CH3.Sn/c1-12-7-2-3-8-9(11)4-5-13-10(8)6-7;;;;/h2-3,5-6H,1H3;3*1H3;. The number of fused-ring (bicyclic) bond motifs is 1. The van der Waals surface area contributed by atoms with Crippen LogP contribution in [0.4, 0.5) is 0 Å². The normalized spacial score (nSPS) is 11.8. The molecule has 1 aromatic heterocycles. The van der Waals surface area contributed by atoms with Crippen LogP contribution in [0.15, 0.2) is 33.7 Å². The first-order valence-electron chi connectivity index (χ1n) is 5.53. The van der Waals surface area contributed by atoms with Crippen molar-refractivity contribution in [2.45, 2.75) is 14.8 Å². The average Bonchev–Trinajstić information content (AvgIpc) is 2.27. The number of rotatable bonds is 2. The van der Waals surface area contributed by atoms with E-state index in [-0.39, 0.29) is 5.43 Å². The zero-order valence-electron chi connectivity index (χ0n) is 10.5. The van der Waals surface area contributed by atoms with Crippen molar-refractivity contribution in [2.24, 2.45) is 0 Å². The fourth-order valence-corrected chi connectivity index (χ4v) is 5.26. The van der Waals surface area contributed by atoms with Crippen molar-refractivity contribution in [1.82, 2.24) is 0 Å². The molecule has 1 aromatic carbocycles. The Morgan fingerprint density at radius 3 is 2.53 bits per heavy atom. The van der Waals surface area contributed by atoms with E-state index < -0.39 is 18.4 Å². The minimum atomic E-state index is -2.39. The van der Waals surface area contributed by atoms with Gasteiger partial charge in [0.25, 0.3) is 0 Å². The Labute approximate surface area is 104 Å². The van der Waals surface area contributed by atoms with Crippen LogP contribution in [-0.2, 0) is 0 Å². The Morgan fingerprint density at radius 2 is 1.94 bits per heavy atom. The first-order chi connectivity index (χ1) is 7.93. The topological polar surface area (TPSA) is 39.4 Å². The number of methoxy groups -OCH3 is 1. The molecule has 0 aliphatic carbocycles. The summed E-state index contributed by atoms with van der Waals surface area (Å²) in [5, 5.41) is 0.648. The molecule has 4 heteroatoms. The van der Waals surface area contributed by atoms with Gasteiger partial charge in [0, 0.05) is 0 Å². The molecule has 0 bridgehead atoms. The summed E-state index contributed by atoms with van der Waals surface area (Å²) in [7, 11) is 1.60. The second-order valence-corrected chi connectivity index (χ2v) is 19.5. The van der Waals surface area contributed by atoms with Crippen LogP contribution >= 0.6 is 0 Å². The Morgan fingerprint density at radius 1 is 1.24 bits per heavy atom. The van der Waals surface area contributed by atoms with Gasteiger partial charge in [-0.2, -0.15) is 0 Å². The van der Waals surface area contributed by atoms with Crippen molar-refractivity contribution in [3.63, 3.8) is 0 Å². The van der Waals surface area contributed by atoms with E-state index in [1.807, 2.05) is 0 Å². The van der Waals surface area contributed by atoms with Gasteiger partial charge in [0.2, 0.25) is 0 Å². The van der Waals surface area contributed by atoms with Gasteiger partial charge in [0.1, 0.15) is 0 Å². The average molecular weight is 339 g/mol. The van der Waals surface area contributed by atoms with E-state index in [1.165, 1.54) is 0 Å². The Balaban J connectivity index is 2.74. The second kappa shape index (κ2) is 4.37. The predicted octanol–water partition coefficient (Wildman–Crippen LogP) is 2.35. The summed E-state index contributed by atoms with van der Waals surface area (Å²) in [6.07, 6.45) is 1.64. The van der Waals surface area contributed by atoms with Crippen LogP contribution in [0.1, 0.15) is 0 Å². The van der Waals surface area contributed by atoms with E-state index in [4.69, 9.17) is 9.15 Å². The summed E-state index contributed by atoms with van der Waals surface area (Å²) in [6.45, 7) is 0. The van der Waals surface area contributed by atoms with Crippen LogP contribution in [-0.4, -0.2) is 25.5 Å². The first-order valence-corrected chi connectivity index (χ1v) is 15.5. The van der Waals surface area contributed by atoms with E-state index in [1.54, 1.807) is 31.6 Å². The second-order valence-electron chi connectivity index (χ2n) is 5.09. The molecular weight excluding hydrogens is 323 g/mol. The molecule has 17 heavy (non-hydrogen) atoms. The van der Waals surface area contributed by atoms with Crippen LogP contribution in [0.2, 0.25) is 14.8 Å². The third-order valence-corrected chi connectivity index (χ3v) is 8.39. The molecule has 0 spiro atoms. The van der Waals surface area contributed by atoms with Crippen LogP contribution < -0.4 is 13.7 Å². The number of benzene rings is 1. The van der Waals surface area contributed by atoms with Crippen molar-refractivity contribution in [1.29, 1.82) is 0 Å². The van der Waals surface area contributed by atoms with Crippen molar-refractivity contribution >= 4 is 32.9 Å². The molecule has 90 valence electrons. The van der Waals surface area contributed by atoms with Crippen molar-refractivity contribution < 1.29 is 9.15 Å². The molecule has 1 heterocycles. The summed E-state index contributed by atoms with van der Waals surface area (Å²) in [6, 6.07) is 5.32. The van der Waals surface area contributed by atoms with Gasteiger partial charge in [0.15, 0.2) is 0 Å². The summed E-state index contributed by atoms with van der Waals surface area (Å²) in [5.41, 5.74) is 0.714. The summed E-state index contributed by atoms with van der Waals surface area (Å²) >= 11 is -2.39. The van der Waals surface area contributed by atoms with Gasteiger partial charge in [-0.1, -0.05) is 0 Å². The van der Waals surface area contributed by atoms with Gasteiger partial charge in [-0.3, -0.25) is 0 Å². The molecule has 0 saturated carbocycles. The van der Waals surface area contributed by atoms with Crippen molar-refractivity contribution in [2.75, 3.05) is 7.11 Å². The monoisotopic (exact) mass is 340 g/mol. The third-order valence-electron chi connectivity index (χ3n) is 2.79. The maximum absolute atomic E-state index is 12.3. The molecule has 0 atom stereocenters. The molecule has 0 radical (unpaired) electrons. The zero-order chi connectivity index (χ0) is 12.6. The molecule has 0 saturated heterocycles. The molecule has 0 aliphatic heterocycles. The van der Waals surface area contributed by atoms with Gasteiger partial charge in [-0.05, 0) is 0 Å².